The number of hydrogen-bond acceptors (Lipinski definition) is 5. The lowest BCUT2D eigenvalue weighted by molar-refractivity contribution is 0.0654. The van der Waals surface area contributed by atoms with Gasteiger partial charge in [0.2, 0.25) is 0 Å². The molecule has 1 aromatic carbocycles. The summed E-state index contributed by atoms with van der Waals surface area (Å²) in [4.78, 5) is 23.8. The van der Waals surface area contributed by atoms with E-state index in [2.05, 4.69) is 9.97 Å². The summed E-state index contributed by atoms with van der Waals surface area (Å²) >= 11 is 1.61. The average molecular weight is 343 g/mol. The van der Waals surface area contributed by atoms with Gasteiger partial charge in [-0.2, -0.15) is 0 Å². The molecule has 5 nitrogen and oxygen atoms in total. The van der Waals surface area contributed by atoms with Crippen LogP contribution in [0.4, 0.5) is 0 Å². The van der Waals surface area contributed by atoms with Gasteiger partial charge in [-0.25, -0.2) is 9.97 Å². The van der Waals surface area contributed by atoms with Crippen molar-refractivity contribution in [2.75, 3.05) is 26.0 Å². The van der Waals surface area contributed by atoms with Crippen LogP contribution >= 0.6 is 11.8 Å². The van der Waals surface area contributed by atoms with E-state index in [1.54, 1.807) is 30.2 Å². The minimum Gasteiger partial charge on any atom is -0.463 e. The zero-order chi connectivity index (χ0) is 16.8. The Morgan fingerprint density at radius 3 is 2.62 bits per heavy atom. The number of nitrogens with zero attached hydrogens (tertiary/aromatic N) is 3. The number of benzene rings is 1. The van der Waals surface area contributed by atoms with Gasteiger partial charge in [0, 0.05) is 30.4 Å². The van der Waals surface area contributed by atoms with E-state index in [1.165, 1.54) is 0 Å². The van der Waals surface area contributed by atoms with Gasteiger partial charge in [-0.15, -0.1) is 11.8 Å². The van der Waals surface area contributed by atoms with Crippen LogP contribution in [0.5, 0.6) is 6.01 Å². The molecule has 24 heavy (non-hydrogen) atoms. The van der Waals surface area contributed by atoms with Gasteiger partial charge < -0.3 is 9.64 Å². The van der Waals surface area contributed by atoms with E-state index in [-0.39, 0.29) is 5.91 Å². The molecule has 3 rings (SSSR count). The quantitative estimate of drug-likeness (QED) is 0.781. The van der Waals surface area contributed by atoms with Crippen molar-refractivity contribution >= 4 is 17.7 Å². The first-order valence-electron chi connectivity index (χ1n) is 8.10. The summed E-state index contributed by atoms with van der Waals surface area (Å²) in [5.41, 5.74) is 0.803. The first kappa shape index (κ1) is 16.8. The fourth-order valence-electron chi connectivity index (χ4n) is 2.85. The highest BCUT2D eigenvalue weighted by Crippen LogP contribution is 2.24. The molecule has 0 spiro atoms. The summed E-state index contributed by atoms with van der Waals surface area (Å²) in [5, 5.41) is 0. The van der Waals surface area contributed by atoms with Crippen LogP contribution in [-0.2, 0) is 0 Å². The Balaban J connectivity index is 1.52. The molecule has 0 bridgehead atoms. The number of ether oxygens (including phenoxy) is 1. The van der Waals surface area contributed by atoms with Gasteiger partial charge in [0.05, 0.1) is 12.2 Å². The van der Waals surface area contributed by atoms with Crippen molar-refractivity contribution in [2.45, 2.75) is 17.7 Å². The van der Waals surface area contributed by atoms with E-state index in [4.69, 9.17) is 4.74 Å². The van der Waals surface area contributed by atoms with E-state index >= 15 is 0 Å². The molecule has 1 saturated heterocycles. The summed E-state index contributed by atoms with van der Waals surface area (Å²) in [6.45, 7) is 2.14. The maximum absolute atomic E-state index is 12.7. The topological polar surface area (TPSA) is 55.3 Å². The van der Waals surface area contributed by atoms with Gasteiger partial charge in [-0.05, 0) is 43.2 Å². The second-order valence-corrected chi connectivity index (χ2v) is 6.63. The average Bonchev–Trinajstić information content (AvgIpc) is 2.67. The number of likely N-dealkylation sites (tertiary alicyclic amines) is 1. The minimum atomic E-state index is 0.130. The molecule has 0 saturated carbocycles. The molecule has 2 aromatic rings. The maximum atomic E-state index is 12.7. The molecule has 6 heteroatoms. The molecule has 0 unspecified atom stereocenters. The Labute approximate surface area is 146 Å². The van der Waals surface area contributed by atoms with E-state index in [0.717, 1.165) is 36.4 Å². The van der Waals surface area contributed by atoms with E-state index < -0.39 is 0 Å². The van der Waals surface area contributed by atoms with Crippen LogP contribution in [0.15, 0.2) is 47.6 Å². The van der Waals surface area contributed by atoms with Crippen LogP contribution in [0.25, 0.3) is 0 Å². The Hall–Kier alpha value is -2.08. The third-order valence-corrected chi connectivity index (χ3v) is 5.03. The second-order valence-electron chi connectivity index (χ2n) is 5.78. The molecule has 0 atom stereocenters. The maximum Gasteiger partial charge on any atom is 0.316 e. The van der Waals surface area contributed by atoms with Crippen molar-refractivity contribution < 1.29 is 9.53 Å². The highest BCUT2D eigenvalue weighted by atomic mass is 32.2. The van der Waals surface area contributed by atoms with Gasteiger partial charge in [0.15, 0.2) is 0 Å². The first-order valence-corrected chi connectivity index (χ1v) is 9.32. The third kappa shape index (κ3) is 4.06. The highest BCUT2D eigenvalue weighted by Gasteiger charge is 2.25. The lowest BCUT2D eigenvalue weighted by Crippen LogP contribution is -2.39. The molecule has 0 radical (unpaired) electrons. The second kappa shape index (κ2) is 8.15. The van der Waals surface area contributed by atoms with Crippen LogP contribution in [0.1, 0.15) is 23.2 Å². The molecular weight excluding hydrogens is 322 g/mol. The molecule has 1 amide bonds. The smallest absolute Gasteiger partial charge is 0.316 e. The monoisotopic (exact) mass is 343 g/mol. The number of amides is 1. The first-order chi connectivity index (χ1) is 11.8. The fourth-order valence-corrected chi connectivity index (χ4v) is 3.44. The molecule has 1 aromatic heterocycles. The molecular formula is C18H21N3O2S. The highest BCUT2D eigenvalue weighted by molar-refractivity contribution is 7.98. The van der Waals surface area contributed by atoms with Crippen molar-refractivity contribution in [3.8, 4) is 6.01 Å². The summed E-state index contributed by atoms with van der Waals surface area (Å²) < 4.78 is 5.63. The number of thioether (sulfide) groups is 1. The number of carbonyl (C=O) groups excluding carboxylic acids is 1. The van der Waals surface area contributed by atoms with Crippen molar-refractivity contribution in [2.24, 2.45) is 5.92 Å². The summed E-state index contributed by atoms with van der Waals surface area (Å²) in [6, 6.07) is 9.99. The van der Waals surface area contributed by atoms with Crippen LogP contribution in [-0.4, -0.2) is 46.7 Å². The standard InChI is InChI=1S/C18H21N3O2S/c1-24-16-6-3-2-5-15(16)17(22)21-11-7-14(8-12-21)13-23-18-19-9-4-10-20-18/h2-6,9-10,14H,7-8,11-13H2,1H3. The lowest BCUT2D eigenvalue weighted by Gasteiger charge is -2.32. The van der Waals surface area contributed by atoms with Crippen LogP contribution in [0, 0.1) is 5.92 Å². The van der Waals surface area contributed by atoms with Gasteiger partial charge in [0.1, 0.15) is 0 Å². The van der Waals surface area contributed by atoms with Crippen molar-refractivity contribution in [1.82, 2.24) is 14.9 Å². The van der Waals surface area contributed by atoms with Gasteiger partial charge in [-0.1, -0.05) is 12.1 Å². The Morgan fingerprint density at radius 1 is 1.21 bits per heavy atom. The Bertz CT molecular complexity index is 673. The van der Waals surface area contributed by atoms with Crippen LogP contribution in [0.3, 0.4) is 0 Å². The Morgan fingerprint density at radius 2 is 1.92 bits per heavy atom. The minimum absolute atomic E-state index is 0.130. The predicted molar refractivity (Wildman–Crippen MR) is 94.4 cm³/mol. The number of rotatable bonds is 5. The van der Waals surface area contributed by atoms with E-state index in [1.807, 2.05) is 35.4 Å². The fraction of sp³-hybridized carbons (Fsp3) is 0.389. The molecule has 0 N–H and O–H groups in total. The van der Waals surface area contributed by atoms with E-state index in [0.29, 0.717) is 18.5 Å². The van der Waals surface area contributed by atoms with Crippen LogP contribution in [0.2, 0.25) is 0 Å². The largest absolute Gasteiger partial charge is 0.463 e. The molecule has 2 heterocycles. The van der Waals surface area contributed by atoms with Gasteiger partial charge in [0.25, 0.3) is 5.91 Å². The predicted octanol–water partition coefficient (Wildman–Crippen LogP) is 3.13. The summed E-state index contributed by atoms with van der Waals surface area (Å²) in [7, 11) is 0. The van der Waals surface area contributed by atoms with Crippen molar-refractivity contribution in [3.63, 3.8) is 0 Å². The van der Waals surface area contributed by atoms with E-state index in [9.17, 15) is 4.79 Å². The zero-order valence-electron chi connectivity index (χ0n) is 13.7. The number of aromatic nitrogens is 2. The molecule has 1 aliphatic rings. The lowest BCUT2D eigenvalue weighted by atomic mass is 9.97. The molecule has 0 aliphatic carbocycles. The number of piperidine rings is 1. The van der Waals surface area contributed by atoms with Crippen molar-refractivity contribution in [3.05, 3.63) is 48.3 Å². The molecule has 1 fully saturated rings. The van der Waals surface area contributed by atoms with Gasteiger partial charge in [-0.3, -0.25) is 4.79 Å². The zero-order valence-corrected chi connectivity index (χ0v) is 14.5. The van der Waals surface area contributed by atoms with Gasteiger partial charge >= 0.3 is 6.01 Å². The number of carbonyl (C=O) groups is 1. The summed E-state index contributed by atoms with van der Waals surface area (Å²) in [5.74, 6) is 0.569. The summed E-state index contributed by atoms with van der Waals surface area (Å²) in [6.07, 6.45) is 7.24. The van der Waals surface area contributed by atoms with Crippen LogP contribution < -0.4 is 4.74 Å². The normalized spacial score (nSPS) is 15.3. The third-order valence-electron chi connectivity index (χ3n) is 4.23. The molecule has 126 valence electrons. The SMILES string of the molecule is CSc1ccccc1C(=O)N1CCC(COc2ncccn2)CC1. The van der Waals surface area contributed by atoms with Crippen molar-refractivity contribution in [1.29, 1.82) is 0 Å². The Kier molecular flexibility index (Phi) is 5.69. The number of hydrogen-bond donors (Lipinski definition) is 0. The molecule has 1 aliphatic heterocycles.